The van der Waals surface area contributed by atoms with E-state index in [0.29, 0.717) is 12.6 Å². The highest BCUT2D eigenvalue weighted by molar-refractivity contribution is 5.78. The highest BCUT2D eigenvalue weighted by Crippen LogP contribution is 2.09. The fraction of sp³-hybridized carbons (Fsp3) is 0.923. The number of nitrogens with one attached hydrogen (secondary N) is 2. The molecule has 1 aliphatic rings. The zero-order valence-electron chi connectivity index (χ0n) is 11.7. The minimum atomic E-state index is -0.0904. The van der Waals surface area contributed by atoms with Crippen molar-refractivity contribution in [3.05, 3.63) is 0 Å². The summed E-state index contributed by atoms with van der Waals surface area (Å²) in [5, 5.41) is 6.36. The molecule has 1 aliphatic heterocycles. The lowest BCUT2D eigenvalue weighted by molar-refractivity contribution is -0.124. The Kier molecular flexibility index (Phi) is 5.40. The third-order valence-electron chi connectivity index (χ3n) is 3.50. The molecule has 1 rings (SSSR count). The van der Waals surface area contributed by atoms with Crippen LogP contribution in [0.2, 0.25) is 0 Å². The van der Waals surface area contributed by atoms with Crippen molar-refractivity contribution in [2.45, 2.75) is 52.1 Å². The van der Waals surface area contributed by atoms with Crippen LogP contribution in [0.4, 0.5) is 0 Å². The molecule has 2 N–H and O–H groups in total. The van der Waals surface area contributed by atoms with E-state index in [9.17, 15) is 4.79 Å². The maximum Gasteiger partial charge on any atom is 0.234 e. The minimum Gasteiger partial charge on any atom is -0.350 e. The normalized spacial score (nSPS) is 17.0. The molecule has 0 bridgehead atoms. The quantitative estimate of drug-likeness (QED) is 0.698. The van der Waals surface area contributed by atoms with Crippen LogP contribution in [-0.4, -0.2) is 48.6 Å². The molecule has 1 heterocycles. The van der Waals surface area contributed by atoms with Crippen LogP contribution in [0.3, 0.4) is 0 Å². The zero-order chi connectivity index (χ0) is 12.9. The first-order valence-corrected chi connectivity index (χ1v) is 6.74. The van der Waals surface area contributed by atoms with Gasteiger partial charge in [0.25, 0.3) is 0 Å². The third kappa shape index (κ3) is 4.64. The van der Waals surface area contributed by atoms with Crippen LogP contribution in [0.15, 0.2) is 0 Å². The first kappa shape index (κ1) is 14.5. The summed E-state index contributed by atoms with van der Waals surface area (Å²) in [5.74, 6) is 0.150. The molecule has 1 amide bonds. The average Bonchev–Trinajstić information content (AvgIpc) is 2.14. The van der Waals surface area contributed by atoms with Gasteiger partial charge in [0.1, 0.15) is 0 Å². The molecule has 1 fully saturated rings. The van der Waals surface area contributed by atoms with Gasteiger partial charge in [-0.1, -0.05) is 13.8 Å². The number of carbonyl (C=O) groups excluding carboxylic acids is 1. The minimum absolute atomic E-state index is 0.0904. The van der Waals surface area contributed by atoms with Crippen LogP contribution >= 0.6 is 0 Å². The van der Waals surface area contributed by atoms with Crippen molar-refractivity contribution >= 4 is 5.91 Å². The molecule has 100 valence electrons. The van der Waals surface area contributed by atoms with Crippen LogP contribution < -0.4 is 10.6 Å². The van der Waals surface area contributed by atoms with Crippen molar-refractivity contribution in [3.63, 3.8) is 0 Å². The van der Waals surface area contributed by atoms with Crippen molar-refractivity contribution in [2.24, 2.45) is 0 Å². The predicted molar refractivity (Wildman–Crippen MR) is 71.0 cm³/mol. The monoisotopic (exact) mass is 241 g/mol. The van der Waals surface area contributed by atoms with Gasteiger partial charge in [-0.15, -0.1) is 0 Å². The Morgan fingerprint density at radius 1 is 1.41 bits per heavy atom. The van der Waals surface area contributed by atoms with E-state index in [1.165, 1.54) is 0 Å². The first-order chi connectivity index (χ1) is 7.98. The topological polar surface area (TPSA) is 44.4 Å². The maximum absolute atomic E-state index is 12.0. The molecule has 4 heteroatoms. The van der Waals surface area contributed by atoms with Crippen molar-refractivity contribution < 1.29 is 4.79 Å². The Labute approximate surface area is 105 Å². The van der Waals surface area contributed by atoms with E-state index < -0.39 is 0 Å². The molecule has 0 aromatic rings. The van der Waals surface area contributed by atoms with Gasteiger partial charge in [0.2, 0.25) is 5.91 Å². The van der Waals surface area contributed by atoms with Crippen LogP contribution in [0.5, 0.6) is 0 Å². The molecule has 0 atom stereocenters. The molecule has 0 spiro atoms. The Morgan fingerprint density at radius 3 is 2.47 bits per heavy atom. The van der Waals surface area contributed by atoms with Gasteiger partial charge in [-0.3, -0.25) is 9.69 Å². The molecule has 0 aromatic heterocycles. The van der Waals surface area contributed by atoms with E-state index in [2.05, 4.69) is 43.2 Å². The lowest BCUT2D eigenvalue weighted by Gasteiger charge is -2.38. The summed E-state index contributed by atoms with van der Waals surface area (Å²) in [7, 11) is 0. The van der Waals surface area contributed by atoms with Crippen molar-refractivity contribution in [1.29, 1.82) is 0 Å². The fourth-order valence-electron chi connectivity index (χ4n) is 1.90. The Balaban J connectivity index is 2.40. The summed E-state index contributed by atoms with van der Waals surface area (Å²) in [6.45, 7) is 12.0. The maximum atomic E-state index is 12.0. The second-order valence-corrected chi connectivity index (χ2v) is 5.57. The molecule has 17 heavy (non-hydrogen) atoms. The van der Waals surface area contributed by atoms with Crippen molar-refractivity contribution in [2.75, 3.05) is 26.2 Å². The van der Waals surface area contributed by atoms with Gasteiger partial charge < -0.3 is 10.6 Å². The Bertz CT molecular complexity index is 249. The number of carbonyl (C=O) groups is 1. The van der Waals surface area contributed by atoms with E-state index in [0.717, 1.165) is 32.5 Å². The van der Waals surface area contributed by atoms with E-state index in [-0.39, 0.29) is 11.4 Å². The third-order valence-corrected chi connectivity index (χ3v) is 3.50. The van der Waals surface area contributed by atoms with Crippen molar-refractivity contribution in [1.82, 2.24) is 15.5 Å². The van der Waals surface area contributed by atoms with E-state index in [1.54, 1.807) is 0 Å². The predicted octanol–water partition coefficient (Wildman–Crippen LogP) is 0.975. The molecular formula is C13H27N3O. The van der Waals surface area contributed by atoms with Gasteiger partial charge in [0.15, 0.2) is 0 Å². The largest absolute Gasteiger partial charge is 0.350 e. The second kappa shape index (κ2) is 6.36. The molecule has 1 saturated heterocycles. The molecule has 0 aromatic carbocycles. The lowest BCUT2D eigenvalue weighted by Crippen LogP contribution is -2.59. The average molecular weight is 241 g/mol. The summed E-state index contributed by atoms with van der Waals surface area (Å²) < 4.78 is 0. The van der Waals surface area contributed by atoms with Gasteiger partial charge in [0, 0.05) is 24.7 Å². The fourth-order valence-corrected chi connectivity index (χ4v) is 1.90. The van der Waals surface area contributed by atoms with Gasteiger partial charge in [-0.25, -0.2) is 0 Å². The Morgan fingerprint density at radius 2 is 2.06 bits per heavy atom. The number of amides is 1. The number of hydrogen-bond acceptors (Lipinski definition) is 3. The Hall–Kier alpha value is -0.610. The van der Waals surface area contributed by atoms with Gasteiger partial charge >= 0.3 is 0 Å². The van der Waals surface area contributed by atoms with Gasteiger partial charge in [0.05, 0.1) is 6.54 Å². The first-order valence-electron chi connectivity index (χ1n) is 6.74. The van der Waals surface area contributed by atoms with Crippen LogP contribution in [0.25, 0.3) is 0 Å². The molecule has 4 nitrogen and oxygen atoms in total. The highest BCUT2D eigenvalue weighted by atomic mass is 16.2. The zero-order valence-corrected chi connectivity index (χ0v) is 11.7. The highest BCUT2D eigenvalue weighted by Gasteiger charge is 2.26. The molecule has 0 saturated carbocycles. The summed E-state index contributed by atoms with van der Waals surface area (Å²) in [6.07, 6.45) is 2.05. The molecular weight excluding hydrogens is 214 g/mol. The molecule has 0 aliphatic carbocycles. The van der Waals surface area contributed by atoms with E-state index >= 15 is 0 Å². The summed E-state index contributed by atoms with van der Waals surface area (Å²) >= 11 is 0. The van der Waals surface area contributed by atoms with Crippen LogP contribution in [0.1, 0.15) is 40.5 Å². The number of nitrogens with zero attached hydrogens (tertiary/aromatic N) is 1. The standard InChI is InChI=1S/C13H27N3O/c1-5-7-16(11-8-14-9-11)10-12(17)15-13(3,4)6-2/h11,14H,5-10H2,1-4H3,(H,15,17). The number of rotatable bonds is 7. The van der Waals surface area contributed by atoms with Crippen LogP contribution in [-0.2, 0) is 4.79 Å². The molecule has 0 radical (unpaired) electrons. The summed E-state index contributed by atoms with van der Waals surface area (Å²) in [5.41, 5.74) is -0.0904. The summed E-state index contributed by atoms with van der Waals surface area (Å²) in [6, 6.07) is 0.547. The smallest absolute Gasteiger partial charge is 0.234 e. The second-order valence-electron chi connectivity index (χ2n) is 5.57. The van der Waals surface area contributed by atoms with E-state index in [1.807, 2.05) is 0 Å². The SMILES string of the molecule is CCCN(CC(=O)NC(C)(C)CC)C1CNC1. The summed E-state index contributed by atoms with van der Waals surface area (Å²) in [4.78, 5) is 14.3. The van der Waals surface area contributed by atoms with Gasteiger partial charge in [-0.2, -0.15) is 0 Å². The van der Waals surface area contributed by atoms with Crippen molar-refractivity contribution in [3.8, 4) is 0 Å². The number of hydrogen-bond donors (Lipinski definition) is 2. The van der Waals surface area contributed by atoms with Crippen LogP contribution in [0, 0.1) is 0 Å². The lowest BCUT2D eigenvalue weighted by atomic mass is 10.0. The van der Waals surface area contributed by atoms with E-state index in [4.69, 9.17) is 0 Å². The van der Waals surface area contributed by atoms with Gasteiger partial charge in [-0.05, 0) is 33.2 Å². The molecule has 0 unspecified atom stereocenters.